The third-order valence-electron chi connectivity index (χ3n) is 3.37. The first-order valence-electron chi connectivity index (χ1n) is 6.03. The highest BCUT2D eigenvalue weighted by atomic mass is 16.5. The monoisotopic (exact) mass is 229 g/mol. The molecule has 0 bridgehead atoms. The number of ether oxygens (including phenoxy) is 1. The van der Waals surface area contributed by atoms with E-state index >= 15 is 0 Å². The number of carbonyl (C=O) groups is 1. The second-order valence-corrected chi connectivity index (χ2v) is 5.06. The molecule has 0 spiro atoms. The minimum Gasteiger partial charge on any atom is -0.392 e. The van der Waals surface area contributed by atoms with E-state index in [0.717, 1.165) is 6.42 Å². The van der Waals surface area contributed by atoms with Crippen molar-refractivity contribution in [1.29, 1.82) is 0 Å². The highest BCUT2D eigenvalue weighted by molar-refractivity contribution is 5.76. The lowest BCUT2D eigenvalue weighted by Gasteiger charge is -2.49. The zero-order valence-electron chi connectivity index (χ0n) is 10.5. The summed E-state index contributed by atoms with van der Waals surface area (Å²) in [7, 11) is 0. The Hall–Kier alpha value is -0.610. The average molecular weight is 229 g/mol. The molecule has 4 nitrogen and oxygen atoms in total. The van der Waals surface area contributed by atoms with E-state index < -0.39 is 0 Å². The molecule has 0 saturated heterocycles. The van der Waals surface area contributed by atoms with Crippen LogP contribution < -0.4 is 5.32 Å². The van der Waals surface area contributed by atoms with Crippen LogP contribution in [0.15, 0.2) is 0 Å². The SMILES string of the molecule is CCCOCCC(=O)NC1CC(O)C1(C)C. The molecule has 1 aliphatic rings. The summed E-state index contributed by atoms with van der Waals surface area (Å²) >= 11 is 0. The van der Waals surface area contributed by atoms with Crippen molar-refractivity contribution >= 4 is 5.91 Å². The summed E-state index contributed by atoms with van der Waals surface area (Å²) in [5.74, 6) is 0.0149. The van der Waals surface area contributed by atoms with E-state index in [9.17, 15) is 9.90 Å². The summed E-state index contributed by atoms with van der Waals surface area (Å²) in [6, 6.07) is 0.0983. The van der Waals surface area contributed by atoms with Crippen molar-refractivity contribution in [3.8, 4) is 0 Å². The zero-order valence-corrected chi connectivity index (χ0v) is 10.5. The Kier molecular flexibility index (Phi) is 4.74. The van der Waals surface area contributed by atoms with Crippen molar-refractivity contribution in [2.45, 2.75) is 52.2 Å². The van der Waals surface area contributed by atoms with Crippen LogP contribution in [-0.4, -0.2) is 36.4 Å². The largest absolute Gasteiger partial charge is 0.392 e. The highest BCUT2D eigenvalue weighted by Gasteiger charge is 2.47. The van der Waals surface area contributed by atoms with Crippen molar-refractivity contribution in [2.75, 3.05) is 13.2 Å². The van der Waals surface area contributed by atoms with Crippen molar-refractivity contribution < 1.29 is 14.6 Å². The predicted octanol–water partition coefficient (Wildman–Crippen LogP) is 1.08. The first-order chi connectivity index (χ1) is 7.48. The molecule has 0 aromatic carbocycles. The van der Waals surface area contributed by atoms with Gasteiger partial charge < -0.3 is 15.2 Å². The number of rotatable bonds is 6. The van der Waals surface area contributed by atoms with E-state index in [1.54, 1.807) is 0 Å². The number of aliphatic hydroxyl groups is 1. The summed E-state index contributed by atoms with van der Waals surface area (Å²) in [6.07, 6.45) is 1.75. The predicted molar refractivity (Wildman–Crippen MR) is 62.1 cm³/mol. The van der Waals surface area contributed by atoms with E-state index in [-0.39, 0.29) is 23.5 Å². The van der Waals surface area contributed by atoms with Gasteiger partial charge in [0, 0.05) is 24.5 Å². The van der Waals surface area contributed by atoms with Crippen LogP contribution in [-0.2, 0) is 9.53 Å². The van der Waals surface area contributed by atoms with E-state index in [1.165, 1.54) is 0 Å². The number of hydrogen-bond donors (Lipinski definition) is 2. The van der Waals surface area contributed by atoms with Gasteiger partial charge in [-0.3, -0.25) is 4.79 Å². The van der Waals surface area contributed by atoms with E-state index in [2.05, 4.69) is 5.32 Å². The van der Waals surface area contributed by atoms with Crippen LogP contribution in [0.1, 0.15) is 40.0 Å². The Balaban J connectivity index is 2.16. The molecule has 1 fully saturated rings. The second-order valence-electron chi connectivity index (χ2n) is 5.06. The molecular weight excluding hydrogens is 206 g/mol. The third kappa shape index (κ3) is 3.19. The molecular formula is C12H23NO3. The summed E-state index contributed by atoms with van der Waals surface area (Å²) in [5.41, 5.74) is -0.195. The van der Waals surface area contributed by atoms with Gasteiger partial charge >= 0.3 is 0 Å². The second kappa shape index (κ2) is 5.64. The fourth-order valence-electron chi connectivity index (χ4n) is 1.83. The third-order valence-corrected chi connectivity index (χ3v) is 3.37. The maximum absolute atomic E-state index is 11.5. The van der Waals surface area contributed by atoms with Gasteiger partial charge in [-0.2, -0.15) is 0 Å². The van der Waals surface area contributed by atoms with E-state index in [1.807, 2.05) is 20.8 Å². The van der Waals surface area contributed by atoms with Gasteiger partial charge in [-0.05, 0) is 12.8 Å². The van der Waals surface area contributed by atoms with E-state index in [4.69, 9.17) is 4.74 Å². The Bertz CT molecular complexity index is 240. The maximum atomic E-state index is 11.5. The molecule has 2 unspecified atom stereocenters. The topological polar surface area (TPSA) is 58.6 Å². The van der Waals surface area contributed by atoms with Crippen molar-refractivity contribution in [2.24, 2.45) is 5.41 Å². The smallest absolute Gasteiger partial charge is 0.222 e. The van der Waals surface area contributed by atoms with Crippen molar-refractivity contribution in [3.05, 3.63) is 0 Å². The fourth-order valence-corrected chi connectivity index (χ4v) is 1.83. The van der Waals surface area contributed by atoms with E-state index in [0.29, 0.717) is 26.1 Å². The molecule has 2 atom stereocenters. The zero-order chi connectivity index (χ0) is 12.2. The van der Waals surface area contributed by atoms with Crippen LogP contribution in [0.25, 0.3) is 0 Å². The molecule has 4 heteroatoms. The number of amides is 1. The molecule has 1 amide bonds. The summed E-state index contributed by atoms with van der Waals surface area (Å²) in [5, 5.41) is 12.5. The summed E-state index contributed by atoms with van der Waals surface area (Å²) in [4.78, 5) is 11.5. The normalized spacial score (nSPS) is 27.2. The number of nitrogens with one attached hydrogen (secondary N) is 1. The minimum atomic E-state index is -0.297. The summed E-state index contributed by atoms with van der Waals surface area (Å²) in [6.45, 7) is 7.17. The minimum absolute atomic E-state index is 0.0149. The molecule has 2 N–H and O–H groups in total. The molecule has 0 radical (unpaired) electrons. The van der Waals surface area contributed by atoms with Gasteiger partial charge in [-0.25, -0.2) is 0 Å². The standard InChI is InChI=1S/C12H23NO3/c1-4-6-16-7-5-11(15)13-9-8-10(14)12(9,2)3/h9-10,14H,4-8H2,1-3H3,(H,13,15). The highest BCUT2D eigenvalue weighted by Crippen LogP contribution is 2.40. The molecule has 94 valence electrons. The maximum Gasteiger partial charge on any atom is 0.222 e. The number of carbonyl (C=O) groups excluding carboxylic acids is 1. The van der Waals surface area contributed by atoms with Gasteiger partial charge in [0.1, 0.15) is 0 Å². The van der Waals surface area contributed by atoms with Crippen LogP contribution >= 0.6 is 0 Å². The molecule has 0 aromatic heterocycles. The van der Waals surface area contributed by atoms with Gasteiger partial charge in [0.25, 0.3) is 0 Å². The lowest BCUT2D eigenvalue weighted by atomic mass is 9.64. The fraction of sp³-hybridized carbons (Fsp3) is 0.917. The van der Waals surface area contributed by atoms with Gasteiger partial charge in [0.05, 0.1) is 12.7 Å². The lowest BCUT2D eigenvalue weighted by Crippen LogP contribution is -2.61. The number of hydrogen-bond acceptors (Lipinski definition) is 3. The Morgan fingerprint density at radius 1 is 1.50 bits per heavy atom. The van der Waals surface area contributed by atoms with Crippen LogP contribution in [0.4, 0.5) is 0 Å². The lowest BCUT2D eigenvalue weighted by molar-refractivity contribution is -0.130. The molecule has 0 aliphatic heterocycles. The summed E-state index contributed by atoms with van der Waals surface area (Å²) < 4.78 is 5.25. The van der Waals surface area contributed by atoms with Crippen molar-refractivity contribution in [3.63, 3.8) is 0 Å². The van der Waals surface area contributed by atoms with Crippen LogP contribution in [0, 0.1) is 5.41 Å². The van der Waals surface area contributed by atoms with Gasteiger partial charge in [-0.15, -0.1) is 0 Å². The quantitative estimate of drug-likeness (QED) is 0.670. The van der Waals surface area contributed by atoms with Gasteiger partial charge in [0.15, 0.2) is 0 Å². The first kappa shape index (κ1) is 13.5. The van der Waals surface area contributed by atoms with Gasteiger partial charge in [0.2, 0.25) is 5.91 Å². The van der Waals surface area contributed by atoms with Crippen molar-refractivity contribution in [1.82, 2.24) is 5.32 Å². The molecule has 1 aliphatic carbocycles. The molecule has 0 aromatic rings. The number of aliphatic hydroxyl groups excluding tert-OH is 1. The Morgan fingerprint density at radius 3 is 2.69 bits per heavy atom. The van der Waals surface area contributed by atoms with Crippen LogP contribution in [0.3, 0.4) is 0 Å². The van der Waals surface area contributed by atoms with Crippen LogP contribution in [0.5, 0.6) is 0 Å². The first-order valence-corrected chi connectivity index (χ1v) is 6.03. The molecule has 0 heterocycles. The molecule has 1 rings (SSSR count). The van der Waals surface area contributed by atoms with Gasteiger partial charge in [-0.1, -0.05) is 20.8 Å². The molecule has 16 heavy (non-hydrogen) atoms. The Labute approximate surface area is 97.4 Å². The Morgan fingerprint density at radius 2 is 2.19 bits per heavy atom. The average Bonchev–Trinajstić information content (AvgIpc) is 2.24. The van der Waals surface area contributed by atoms with Crippen LogP contribution in [0.2, 0.25) is 0 Å². The molecule has 1 saturated carbocycles.